The topological polar surface area (TPSA) is 40.5 Å². The summed E-state index contributed by atoms with van der Waals surface area (Å²) in [6, 6.07) is 7.84. The molecule has 0 saturated heterocycles. The summed E-state index contributed by atoms with van der Waals surface area (Å²) in [6.45, 7) is 4.89. The molecule has 0 radical (unpaired) electrons. The average Bonchev–Trinajstić information content (AvgIpc) is 2.15. The standard InChI is InChI=1S/C13H18Br2O2/c1-12(2,16)13(3,17)8-9-6-4-5-7-10(9)11(14)15/h4-7,11,16-17H,8H2,1-3H3. The van der Waals surface area contributed by atoms with Crippen LogP contribution in [-0.4, -0.2) is 21.4 Å². The van der Waals surface area contributed by atoms with Crippen LogP contribution in [0.4, 0.5) is 0 Å². The Morgan fingerprint density at radius 3 is 2.12 bits per heavy atom. The minimum absolute atomic E-state index is 0.0452. The van der Waals surface area contributed by atoms with Crippen LogP contribution in [0.5, 0.6) is 0 Å². The van der Waals surface area contributed by atoms with Gasteiger partial charge in [-0.15, -0.1) is 0 Å². The Balaban J connectivity index is 3.04. The van der Waals surface area contributed by atoms with Gasteiger partial charge >= 0.3 is 0 Å². The maximum Gasteiger partial charge on any atom is 0.0949 e. The van der Waals surface area contributed by atoms with Gasteiger partial charge in [0.05, 0.1) is 14.9 Å². The highest BCUT2D eigenvalue weighted by Gasteiger charge is 2.38. The molecule has 0 spiro atoms. The van der Waals surface area contributed by atoms with E-state index in [1.54, 1.807) is 20.8 Å². The van der Waals surface area contributed by atoms with E-state index in [0.29, 0.717) is 6.42 Å². The Morgan fingerprint density at radius 1 is 1.12 bits per heavy atom. The van der Waals surface area contributed by atoms with Gasteiger partial charge in [0.15, 0.2) is 0 Å². The van der Waals surface area contributed by atoms with Gasteiger partial charge in [0, 0.05) is 6.42 Å². The number of rotatable bonds is 4. The van der Waals surface area contributed by atoms with Crippen molar-refractivity contribution in [2.24, 2.45) is 0 Å². The molecule has 96 valence electrons. The van der Waals surface area contributed by atoms with Crippen molar-refractivity contribution in [3.8, 4) is 0 Å². The van der Waals surface area contributed by atoms with E-state index in [-0.39, 0.29) is 3.74 Å². The first-order chi connectivity index (χ1) is 7.65. The molecule has 17 heavy (non-hydrogen) atoms. The highest BCUT2D eigenvalue weighted by atomic mass is 79.9. The van der Waals surface area contributed by atoms with E-state index in [1.165, 1.54) is 0 Å². The van der Waals surface area contributed by atoms with E-state index in [0.717, 1.165) is 11.1 Å². The van der Waals surface area contributed by atoms with Crippen LogP contribution >= 0.6 is 31.9 Å². The molecule has 4 heteroatoms. The number of hydrogen-bond donors (Lipinski definition) is 2. The van der Waals surface area contributed by atoms with Gasteiger partial charge in [-0.25, -0.2) is 0 Å². The number of benzene rings is 1. The molecular formula is C13H18Br2O2. The predicted octanol–water partition coefficient (Wildman–Crippen LogP) is 3.54. The van der Waals surface area contributed by atoms with Crippen LogP contribution in [0.15, 0.2) is 24.3 Å². The van der Waals surface area contributed by atoms with Crippen LogP contribution in [0.25, 0.3) is 0 Å². The molecule has 2 nitrogen and oxygen atoms in total. The molecule has 0 aliphatic carbocycles. The van der Waals surface area contributed by atoms with E-state index in [1.807, 2.05) is 24.3 Å². The van der Waals surface area contributed by atoms with Crippen molar-refractivity contribution in [1.29, 1.82) is 0 Å². The molecule has 0 aliphatic heterocycles. The molecular weight excluding hydrogens is 348 g/mol. The summed E-state index contributed by atoms with van der Waals surface area (Å²) in [6.07, 6.45) is 0.403. The van der Waals surface area contributed by atoms with Gasteiger partial charge in [-0.05, 0) is 31.9 Å². The maximum atomic E-state index is 10.3. The zero-order valence-electron chi connectivity index (χ0n) is 10.2. The summed E-state index contributed by atoms with van der Waals surface area (Å²) < 4.78 is 0.0452. The van der Waals surface area contributed by atoms with Crippen molar-refractivity contribution in [2.75, 3.05) is 0 Å². The zero-order chi connectivity index (χ0) is 13.3. The summed E-state index contributed by atoms with van der Waals surface area (Å²) in [5, 5.41) is 20.3. The first-order valence-electron chi connectivity index (χ1n) is 5.46. The molecule has 0 amide bonds. The summed E-state index contributed by atoms with van der Waals surface area (Å²) in [7, 11) is 0. The van der Waals surface area contributed by atoms with Gasteiger partial charge in [0.25, 0.3) is 0 Å². The van der Waals surface area contributed by atoms with E-state index >= 15 is 0 Å². The van der Waals surface area contributed by atoms with Crippen LogP contribution in [0.2, 0.25) is 0 Å². The largest absolute Gasteiger partial charge is 0.387 e. The van der Waals surface area contributed by atoms with Crippen molar-refractivity contribution >= 4 is 31.9 Å². The maximum absolute atomic E-state index is 10.3. The third kappa shape index (κ3) is 3.78. The van der Waals surface area contributed by atoms with E-state index in [4.69, 9.17) is 0 Å². The van der Waals surface area contributed by atoms with Crippen molar-refractivity contribution in [1.82, 2.24) is 0 Å². The predicted molar refractivity (Wildman–Crippen MR) is 77.7 cm³/mol. The Hall–Kier alpha value is 0.1000. The van der Waals surface area contributed by atoms with Crippen molar-refractivity contribution in [3.05, 3.63) is 35.4 Å². The van der Waals surface area contributed by atoms with Crippen LogP contribution in [0.1, 0.15) is 35.6 Å². The third-order valence-corrected chi connectivity index (χ3v) is 4.13. The summed E-state index contributed by atoms with van der Waals surface area (Å²) in [5.41, 5.74) is -0.234. The van der Waals surface area contributed by atoms with Gasteiger partial charge in [-0.1, -0.05) is 56.1 Å². The Morgan fingerprint density at radius 2 is 1.65 bits per heavy atom. The number of alkyl halides is 2. The highest BCUT2D eigenvalue weighted by Crippen LogP contribution is 2.34. The smallest absolute Gasteiger partial charge is 0.0949 e. The molecule has 0 fully saturated rings. The molecule has 0 aromatic heterocycles. The summed E-state index contributed by atoms with van der Waals surface area (Å²) in [4.78, 5) is 0. The Bertz CT molecular complexity index is 381. The van der Waals surface area contributed by atoms with Gasteiger partial charge in [-0.3, -0.25) is 0 Å². The normalized spacial score (nSPS) is 16.0. The van der Waals surface area contributed by atoms with Gasteiger partial charge in [0.2, 0.25) is 0 Å². The molecule has 1 unspecified atom stereocenters. The fraction of sp³-hybridized carbons (Fsp3) is 0.538. The van der Waals surface area contributed by atoms with Gasteiger partial charge < -0.3 is 10.2 Å². The molecule has 1 aromatic rings. The fourth-order valence-corrected chi connectivity index (χ4v) is 2.39. The van der Waals surface area contributed by atoms with Crippen molar-refractivity contribution < 1.29 is 10.2 Å². The van der Waals surface area contributed by atoms with Crippen LogP contribution in [0, 0.1) is 0 Å². The third-order valence-electron chi connectivity index (χ3n) is 3.14. The molecule has 1 aromatic carbocycles. The second-order valence-corrected chi connectivity index (χ2v) is 8.07. The lowest BCUT2D eigenvalue weighted by Crippen LogP contribution is -2.49. The lowest BCUT2D eigenvalue weighted by molar-refractivity contribution is -0.118. The second-order valence-electron chi connectivity index (χ2n) is 5.01. The molecule has 0 saturated carbocycles. The van der Waals surface area contributed by atoms with Crippen LogP contribution < -0.4 is 0 Å². The average molecular weight is 366 g/mol. The van der Waals surface area contributed by atoms with Crippen molar-refractivity contribution in [2.45, 2.75) is 42.1 Å². The van der Waals surface area contributed by atoms with Crippen molar-refractivity contribution in [3.63, 3.8) is 0 Å². The summed E-state index contributed by atoms with van der Waals surface area (Å²) in [5.74, 6) is 0. The van der Waals surface area contributed by atoms with Gasteiger partial charge in [0.1, 0.15) is 0 Å². The number of aliphatic hydroxyl groups is 2. The number of halogens is 2. The quantitative estimate of drug-likeness (QED) is 0.801. The Kier molecular flexibility index (Phi) is 4.81. The molecule has 1 rings (SSSR count). The fourth-order valence-electron chi connectivity index (χ4n) is 1.50. The van der Waals surface area contributed by atoms with Crippen LogP contribution in [0.3, 0.4) is 0 Å². The molecule has 1 atom stereocenters. The first kappa shape index (κ1) is 15.2. The van der Waals surface area contributed by atoms with E-state index < -0.39 is 11.2 Å². The highest BCUT2D eigenvalue weighted by molar-refractivity contribution is 9.24. The number of hydrogen-bond acceptors (Lipinski definition) is 2. The minimum Gasteiger partial charge on any atom is -0.387 e. The SMILES string of the molecule is CC(C)(O)C(C)(O)Cc1ccccc1C(Br)Br. The van der Waals surface area contributed by atoms with E-state index in [9.17, 15) is 10.2 Å². The van der Waals surface area contributed by atoms with E-state index in [2.05, 4.69) is 31.9 Å². The lowest BCUT2D eigenvalue weighted by atomic mass is 9.81. The first-order valence-corrected chi connectivity index (χ1v) is 7.29. The second kappa shape index (κ2) is 5.39. The summed E-state index contributed by atoms with van der Waals surface area (Å²) >= 11 is 6.93. The van der Waals surface area contributed by atoms with Crippen LogP contribution in [-0.2, 0) is 6.42 Å². The van der Waals surface area contributed by atoms with Gasteiger partial charge in [-0.2, -0.15) is 0 Å². The lowest BCUT2D eigenvalue weighted by Gasteiger charge is -2.36. The molecule has 0 aliphatic rings. The zero-order valence-corrected chi connectivity index (χ0v) is 13.4. The Labute approximate surface area is 119 Å². The molecule has 0 bridgehead atoms. The minimum atomic E-state index is -1.17. The molecule has 0 heterocycles. The molecule has 2 N–H and O–H groups in total. The monoisotopic (exact) mass is 364 g/mol.